The van der Waals surface area contributed by atoms with Crippen LogP contribution in [0.25, 0.3) is 0 Å². The van der Waals surface area contributed by atoms with E-state index in [0.717, 1.165) is 9.87 Å². The van der Waals surface area contributed by atoms with Crippen LogP contribution in [0.15, 0.2) is 65.6 Å². The summed E-state index contributed by atoms with van der Waals surface area (Å²) in [5.74, 6) is -0.999. The molecule has 42 heavy (non-hydrogen) atoms. The smallest absolute Gasteiger partial charge is 0.264 e. The van der Waals surface area contributed by atoms with Crippen molar-refractivity contribution in [3.63, 3.8) is 0 Å². The van der Waals surface area contributed by atoms with E-state index in [0.29, 0.717) is 10.6 Å². The number of anilines is 1. The highest BCUT2D eigenvalue weighted by Gasteiger charge is 2.35. The lowest BCUT2D eigenvalue weighted by atomic mass is 10.1. The number of halogens is 4. The van der Waals surface area contributed by atoms with Gasteiger partial charge in [0.25, 0.3) is 10.0 Å². The molecule has 0 saturated carbocycles. The summed E-state index contributed by atoms with van der Waals surface area (Å²) >= 11 is 24.8. The number of aryl methyl sites for hydroxylation is 1. The molecule has 0 fully saturated rings. The van der Waals surface area contributed by atoms with Crippen molar-refractivity contribution in [2.45, 2.75) is 64.1 Å². The van der Waals surface area contributed by atoms with Gasteiger partial charge < -0.3 is 10.2 Å². The number of hydrogen-bond acceptors (Lipinski definition) is 4. The van der Waals surface area contributed by atoms with Gasteiger partial charge in [-0.1, -0.05) is 77.1 Å². The van der Waals surface area contributed by atoms with Crippen molar-refractivity contribution in [1.82, 2.24) is 10.2 Å². The molecular weight excluding hydrogens is 640 g/mol. The Morgan fingerprint density at radius 1 is 0.881 bits per heavy atom. The lowest BCUT2D eigenvalue weighted by molar-refractivity contribution is -0.141. The van der Waals surface area contributed by atoms with Gasteiger partial charge in [0.1, 0.15) is 12.6 Å². The second-order valence-electron chi connectivity index (χ2n) is 10.9. The summed E-state index contributed by atoms with van der Waals surface area (Å²) in [6, 6.07) is 14.5. The standard InChI is InChI=1S/C30H33Cl4N3O4S/c1-6-27(29(39)35-30(3,4)5)36(17-20-9-12-25(33)26(34)13-20)28(38)18-37(23-15-21(31)14-22(32)16-23)42(40,41)24-10-7-19(2)8-11-24/h7-16,27H,6,17-18H2,1-5H3,(H,35,39)/t27-/m1/s1. The Balaban J connectivity index is 2.12. The Morgan fingerprint density at radius 3 is 2.00 bits per heavy atom. The average Bonchev–Trinajstić information content (AvgIpc) is 2.87. The monoisotopic (exact) mass is 671 g/mol. The van der Waals surface area contributed by atoms with Crippen molar-refractivity contribution >= 4 is 73.9 Å². The molecule has 0 bridgehead atoms. The maximum atomic E-state index is 14.2. The van der Waals surface area contributed by atoms with Gasteiger partial charge in [0.05, 0.1) is 20.6 Å². The minimum atomic E-state index is -4.27. The number of hydrogen-bond donors (Lipinski definition) is 1. The van der Waals surface area contributed by atoms with E-state index in [1.165, 1.54) is 35.2 Å². The number of nitrogens with zero attached hydrogens (tertiary/aromatic N) is 2. The molecule has 2 amide bonds. The maximum absolute atomic E-state index is 14.2. The van der Waals surface area contributed by atoms with E-state index in [1.807, 2.05) is 27.7 Å². The predicted octanol–water partition coefficient (Wildman–Crippen LogP) is 7.53. The molecule has 3 aromatic rings. The van der Waals surface area contributed by atoms with Gasteiger partial charge in [-0.15, -0.1) is 0 Å². The molecule has 0 saturated heterocycles. The second-order valence-corrected chi connectivity index (χ2v) is 14.4. The molecule has 0 aromatic heterocycles. The van der Waals surface area contributed by atoms with E-state index < -0.39 is 34.1 Å². The molecule has 0 aliphatic carbocycles. The summed E-state index contributed by atoms with van der Waals surface area (Å²) in [4.78, 5) is 28.9. The third-order valence-corrected chi connectivity index (χ3v) is 9.21. The summed E-state index contributed by atoms with van der Waals surface area (Å²) in [7, 11) is -4.27. The topological polar surface area (TPSA) is 86.8 Å². The SMILES string of the molecule is CC[C@H](C(=O)NC(C)(C)C)N(Cc1ccc(Cl)c(Cl)c1)C(=O)CN(c1cc(Cl)cc(Cl)c1)S(=O)(=O)c1ccc(C)cc1. The van der Waals surface area contributed by atoms with Crippen molar-refractivity contribution in [1.29, 1.82) is 0 Å². The summed E-state index contributed by atoms with van der Waals surface area (Å²) in [5.41, 5.74) is 1.01. The highest BCUT2D eigenvalue weighted by atomic mass is 35.5. The number of nitrogens with one attached hydrogen (secondary N) is 1. The number of benzene rings is 3. The molecule has 0 aliphatic heterocycles. The lowest BCUT2D eigenvalue weighted by Gasteiger charge is -2.35. The van der Waals surface area contributed by atoms with Crippen molar-refractivity contribution in [2.24, 2.45) is 0 Å². The molecule has 0 aliphatic rings. The fourth-order valence-electron chi connectivity index (χ4n) is 4.26. The van der Waals surface area contributed by atoms with Crippen molar-refractivity contribution in [2.75, 3.05) is 10.8 Å². The van der Waals surface area contributed by atoms with Crippen LogP contribution in [0, 0.1) is 6.92 Å². The quantitative estimate of drug-likeness (QED) is 0.241. The molecule has 1 N–H and O–H groups in total. The van der Waals surface area contributed by atoms with Crippen LogP contribution in [0.1, 0.15) is 45.2 Å². The fourth-order valence-corrected chi connectivity index (χ4v) is 6.49. The van der Waals surface area contributed by atoms with Gasteiger partial charge in [0, 0.05) is 22.1 Å². The number of rotatable bonds is 10. The Labute approximate surface area is 267 Å². The van der Waals surface area contributed by atoms with Crippen LogP contribution in [0.3, 0.4) is 0 Å². The second kappa shape index (κ2) is 13.9. The number of amides is 2. The molecule has 0 unspecified atom stereocenters. The van der Waals surface area contributed by atoms with Gasteiger partial charge in [-0.25, -0.2) is 8.42 Å². The lowest BCUT2D eigenvalue weighted by Crippen LogP contribution is -2.55. The summed E-state index contributed by atoms with van der Waals surface area (Å²) in [6.07, 6.45) is 0.267. The molecule has 0 spiro atoms. The third kappa shape index (κ3) is 8.77. The van der Waals surface area contributed by atoms with Crippen molar-refractivity contribution in [3.8, 4) is 0 Å². The fraction of sp³-hybridized carbons (Fsp3) is 0.333. The number of carbonyl (C=O) groups excluding carboxylic acids is 2. The van der Waals surface area contributed by atoms with Crippen LogP contribution in [-0.4, -0.2) is 43.3 Å². The first kappa shape index (κ1) is 34.0. The van der Waals surface area contributed by atoms with E-state index in [4.69, 9.17) is 46.4 Å². The normalized spacial score (nSPS) is 12.5. The van der Waals surface area contributed by atoms with Crippen molar-refractivity contribution < 1.29 is 18.0 Å². The van der Waals surface area contributed by atoms with Crippen LogP contribution < -0.4 is 9.62 Å². The van der Waals surface area contributed by atoms with Crippen LogP contribution in [-0.2, 0) is 26.2 Å². The Kier molecular flexibility index (Phi) is 11.2. The minimum Gasteiger partial charge on any atom is -0.350 e. The molecule has 226 valence electrons. The average molecular weight is 673 g/mol. The zero-order valence-corrected chi connectivity index (χ0v) is 27.8. The van der Waals surface area contributed by atoms with Gasteiger partial charge in [0.2, 0.25) is 11.8 Å². The van der Waals surface area contributed by atoms with Gasteiger partial charge in [-0.2, -0.15) is 0 Å². The molecule has 3 rings (SSSR count). The number of sulfonamides is 1. The van der Waals surface area contributed by atoms with Crippen LogP contribution in [0.4, 0.5) is 5.69 Å². The molecule has 0 heterocycles. The van der Waals surface area contributed by atoms with Gasteiger partial charge >= 0.3 is 0 Å². The zero-order chi connectivity index (χ0) is 31.4. The minimum absolute atomic E-state index is 0.0226. The first-order chi connectivity index (χ1) is 19.5. The first-order valence-electron chi connectivity index (χ1n) is 13.1. The molecule has 3 aromatic carbocycles. The van der Waals surface area contributed by atoms with Crippen LogP contribution in [0.5, 0.6) is 0 Å². The highest BCUT2D eigenvalue weighted by molar-refractivity contribution is 7.92. The molecule has 7 nitrogen and oxygen atoms in total. The molecule has 12 heteroatoms. The van der Waals surface area contributed by atoms with E-state index in [1.54, 1.807) is 37.3 Å². The maximum Gasteiger partial charge on any atom is 0.264 e. The summed E-state index contributed by atoms with van der Waals surface area (Å²) in [6.45, 7) is 8.46. The number of carbonyl (C=O) groups is 2. The van der Waals surface area contributed by atoms with Gasteiger partial charge in [0.15, 0.2) is 0 Å². The Bertz CT molecular complexity index is 1540. The van der Waals surface area contributed by atoms with Crippen LogP contribution >= 0.6 is 46.4 Å². The van der Waals surface area contributed by atoms with E-state index in [2.05, 4.69) is 5.32 Å². The Hall–Kier alpha value is -2.49. The van der Waals surface area contributed by atoms with Crippen LogP contribution in [0.2, 0.25) is 20.1 Å². The Morgan fingerprint density at radius 2 is 1.48 bits per heavy atom. The van der Waals surface area contributed by atoms with Gasteiger partial charge in [-0.05, 0) is 82.1 Å². The van der Waals surface area contributed by atoms with E-state index >= 15 is 0 Å². The van der Waals surface area contributed by atoms with Gasteiger partial charge in [-0.3, -0.25) is 13.9 Å². The highest BCUT2D eigenvalue weighted by Crippen LogP contribution is 2.31. The molecule has 1 atom stereocenters. The molecule has 0 radical (unpaired) electrons. The zero-order valence-electron chi connectivity index (χ0n) is 23.9. The van der Waals surface area contributed by atoms with Crippen molar-refractivity contribution in [3.05, 3.63) is 91.9 Å². The predicted molar refractivity (Wildman–Crippen MR) is 171 cm³/mol. The first-order valence-corrected chi connectivity index (χ1v) is 16.1. The van der Waals surface area contributed by atoms with E-state index in [9.17, 15) is 18.0 Å². The largest absolute Gasteiger partial charge is 0.350 e. The third-order valence-electron chi connectivity index (χ3n) is 6.24. The molecular formula is C30H33Cl4N3O4S. The summed E-state index contributed by atoms with van der Waals surface area (Å²) < 4.78 is 28.9. The van der Waals surface area contributed by atoms with E-state index in [-0.39, 0.29) is 44.5 Å². The summed E-state index contributed by atoms with van der Waals surface area (Å²) in [5, 5.41) is 3.93.